The fraction of sp³-hybridized carbons (Fsp3) is 0.471. The summed E-state index contributed by atoms with van der Waals surface area (Å²) < 4.78 is 16.0. The number of phenols is 1. The maximum atomic E-state index is 13.9. The molecule has 2 heterocycles. The van der Waals surface area contributed by atoms with Crippen LogP contribution in [0.1, 0.15) is 53.8 Å². The Balaban J connectivity index is 1.46. The molecule has 6 nitrogen and oxygen atoms in total. The number of halogens is 1. The maximum absolute atomic E-state index is 13.9. The van der Waals surface area contributed by atoms with Crippen LogP contribution in [0.4, 0.5) is 4.39 Å². The van der Waals surface area contributed by atoms with Crippen molar-refractivity contribution in [1.82, 2.24) is 19.7 Å². The van der Waals surface area contributed by atoms with Crippen molar-refractivity contribution >= 4 is 5.91 Å². The van der Waals surface area contributed by atoms with Crippen LogP contribution in [0.25, 0.3) is 0 Å². The van der Waals surface area contributed by atoms with Crippen molar-refractivity contribution in [1.29, 1.82) is 0 Å². The Morgan fingerprint density at radius 3 is 2.62 bits per heavy atom. The molecule has 1 amide bonds. The van der Waals surface area contributed by atoms with Gasteiger partial charge in [0.25, 0.3) is 5.91 Å². The predicted molar refractivity (Wildman–Crippen MR) is 84.2 cm³/mol. The molecule has 2 aliphatic rings. The van der Waals surface area contributed by atoms with E-state index in [1.807, 2.05) is 0 Å². The number of piperidine rings is 1. The van der Waals surface area contributed by atoms with Crippen molar-refractivity contribution in [2.75, 3.05) is 13.1 Å². The second-order valence-corrected chi connectivity index (χ2v) is 6.53. The van der Waals surface area contributed by atoms with E-state index < -0.39 is 11.7 Å². The number of hydrogen-bond acceptors (Lipinski definition) is 4. The van der Waals surface area contributed by atoms with Crippen LogP contribution < -0.4 is 0 Å². The highest BCUT2D eigenvalue weighted by molar-refractivity contribution is 5.97. The van der Waals surface area contributed by atoms with Gasteiger partial charge in [0.1, 0.15) is 29.3 Å². The van der Waals surface area contributed by atoms with Crippen LogP contribution in [0.3, 0.4) is 0 Å². The predicted octanol–water partition coefficient (Wildman–Crippen LogP) is 2.48. The molecule has 1 aliphatic carbocycles. The molecule has 0 atom stereocenters. The first-order valence-electron chi connectivity index (χ1n) is 8.31. The van der Waals surface area contributed by atoms with Crippen LogP contribution in [-0.4, -0.2) is 43.8 Å². The highest BCUT2D eigenvalue weighted by Gasteiger charge is 2.33. The molecular weight excluding hydrogens is 311 g/mol. The van der Waals surface area contributed by atoms with E-state index in [0.717, 1.165) is 18.7 Å². The third kappa shape index (κ3) is 2.64. The number of likely N-dealkylation sites (tertiary alicyclic amines) is 1. The first kappa shape index (κ1) is 15.1. The third-order valence-electron chi connectivity index (χ3n) is 4.89. The molecule has 0 unspecified atom stereocenters. The molecule has 1 N–H and O–H groups in total. The molecular formula is C17H19FN4O2. The highest BCUT2D eigenvalue weighted by Crippen LogP contribution is 2.38. The summed E-state index contributed by atoms with van der Waals surface area (Å²) in [6.07, 6.45) is 5.69. The van der Waals surface area contributed by atoms with E-state index in [2.05, 4.69) is 14.8 Å². The van der Waals surface area contributed by atoms with E-state index in [-0.39, 0.29) is 17.2 Å². The van der Waals surface area contributed by atoms with Gasteiger partial charge in [-0.05, 0) is 37.8 Å². The Kier molecular flexibility index (Phi) is 3.70. The molecule has 1 aliphatic heterocycles. The second-order valence-electron chi connectivity index (χ2n) is 6.53. The number of phenolic OH excluding ortho intramolecular Hbond substituents is 1. The molecule has 4 rings (SSSR count). The van der Waals surface area contributed by atoms with Crippen LogP contribution in [0.5, 0.6) is 5.75 Å². The minimum atomic E-state index is -0.685. The Labute approximate surface area is 138 Å². The highest BCUT2D eigenvalue weighted by atomic mass is 19.1. The summed E-state index contributed by atoms with van der Waals surface area (Å²) in [5.74, 6) is -0.177. The average Bonchev–Trinajstić information content (AvgIpc) is 3.31. The van der Waals surface area contributed by atoms with Gasteiger partial charge >= 0.3 is 0 Å². The zero-order chi connectivity index (χ0) is 16.7. The summed E-state index contributed by atoms with van der Waals surface area (Å²) in [5.41, 5.74) is -0.239. The van der Waals surface area contributed by atoms with E-state index in [1.54, 1.807) is 11.2 Å². The lowest BCUT2D eigenvalue weighted by atomic mass is 9.95. The quantitative estimate of drug-likeness (QED) is 0.938. The molecule has 2 aromatic rings. The molecule has 126 valence electrons. The number of amides is 1. The van der Waals surface area contributed by atoms with Crippen molar-refractivity contribution in [3.63, 3.8) is 0 Å². The molecule has 1 saturated heterocycles. The molecule has 1 aromatic carbocycles. The zero-order valence-electron chi connectivity index (χ0n) is 13.2. The smallest absolute Gasteiger partial charge is 0.260 e. The zero-order valence-corrected chi connectivity index (χ0v) is 13.2. The number of benzene rings is 1. The van der Waals surface area contributed by atoms with Gasteiger partial charge in [0, 0.05) is 25.0 Å². The van der Waals surface area contributed by atoms with E-state index in [4.69, 9.17) is 0 Å². The summed E-state index contributed by atoms with van der Waals surface area (Å²) in [6.45, 7) is 1.05. The van der Waals surface area contributed by atoms with Gasteiger partial charge in [-0.15, -0.1) is 10.2 Å². The lowest BCUT2D eigenvalue weighted by molar-refractivity contribution is 0.0702. The minimum absolute atomic E-state index is 0.239. The van der Waals surface area contributed by atoms with Gasteiger partial charge < -0.3 is 14.6 Å². The first-order chi connectivity index (χ1) is 11.6. The lowest BCUT2D eigenvalue weighted by Crippen LogP contribution is -2.38. The Morgan fingerprint density at radius 2 is 1.96 bits per heavy atom. The summed E-state index contributed by atoms with van der Waals surface area (Å²) in [5, 5.41) is 18.1. The van der Waals surface area contributed by atoms with Crippen molar-refractivity contribution in [2.24, 2.45) is 0 Å². The number of rotatable bonds is 3. The minimum Gasteiger partial charge on any atom is -0.507 e. The fourth-order valence-electron chi connectivity index (χ4n) is 3.40. The van der Waals surface area contributed by atoms with Crippen molar-refractivity contribution in [3.05, 3.63) is 41.7 Å². The van der Waals surface area contributed by atoms with E-state index in [1.165, 1.54) is 31.0 Å². The van der Waals surface area contributed by atoms with Crippen LogP contribution >= 0.6 is 0 Å². The van der Waals surface area contributed by atoms with Gasteiger partial charge in [-0.25, -0.2) is 4.39 Å². The molecule has 2 fully saturated rings. The molecule has 24 heavy (non-hydrogen) atoms. The summed E-state index contributed by atoms with van der Waals surface area (Å²) in [7, 11) is 0. The van der Waals surface area contributed by atoms with Crippen LogP contribution in [0, 0.1) is 5.82 Å². The van der Waals surface area contributed by atoms with Crippen LogP contribution in [0.2, 0.25) is 0 Å². The van der Waals surface area contributed by atoms with Crippen molar-refractivity contribution in [2.45, 2.75) is 37.6 Å². The van der Waals surface area contributed by atoms with E-state index in [9.17, 15) is 14.3 Å². The molecule has 0 bridgehead atoms. The molecule has 7 heteroatoms. The molecule has 0 radical (unpaired) electrons. The summed E-state index contributed by atoms with van der Waals surface area (Å²) >= 11 is 0. The average molecular weight is 330 g/mol. The Morgan fingerprint density at radius 1 is 1.21 bits per heavy atom. The molecule has 1 saturated carbocycles. The lowest BCUT2D eigenvalue weighted by Gasteiger charge is -2.32. The SMILES string of the molecule is O=C(c1c(O)cccc1F)N1CCC(c2nncn2C2CC2)CC1. The van der Waals surface area contributed by atoms with Gasteiger partial charge in [-0.3, -0.25) is 4.79 Å². The maximum Gasteiger partial charge on any atom is 0.260 e. The largest absolute Gasteiger partial charge is 0.507 e. The standard InChI is InChI=1S/C17H19FN4O2/c18-13-2-1-3-14(23)15(13)17(24)21-8-6-11(7-9-21)16-20-19-10-22(16)12-4-5-12/h1-3,10-12,23H,4-9H2. The van der Waals surface area contributed by atoms with Crippen LogP contribution in [-0.2, 0) is 0 Å². The Bertz CT molecular complexity index is 743. The second kappa shape index (κ2) is 5.89. The van der Waals surface area contributed by atoms with E-state index in [0.29, 0.717) is 19.1 Å². The molecule has 1 aromatic heterocycles. The number of carbonyl (C=O) groups is 1. The number of nitrogens with zero attached hydrogens (tertiary/aromatic N) is 4. The van der Waals surface area contributed by atoms with Gasteiger partial charge in [-0.2, -0.15) is 0 Å². The number of hydrogen-bond donors (Lipinski definition) is 1. The monoisotopic (exact) mass is 330 g/mol. The van der Waals surface area contributed by atoms with Gasteiger partial charge in [-0.1, -0.05) is 6.07 Å². The molecule has 0 spiro atoms. The summed E-state index contributed by atoms with van der Waals surface area (Å²) in [4.78, 5) is 14.1. The van der Waals surface area contributed by atoms with Crippen molar-refractivity contribution < 1.29 is 14.3 Å². The van der Waals surface area contributed by atoms with Gasteiger partial charge in [0.15, 0.2) is 0 Å². The Hall–Kier alpha value is -2.44. The fourth-order valence-corrected chi connectivity index (χ4v) is 3.40. The normalized spacial score (nSPS) is 18.8. The van der Waals surface area contributed by atoms with Crippen LogP contribution in [0.15, 0.2) is 24.5 Å². The number of aromatic nitrogens is 3. The van der Waals surface area contributed by atoms with E-state index >= 15 is 0 Å². The summed E-state index contributed by atoms with van der Waals surface area (Å²) in [6, 6.07) is 4.45. The number of aromatic hydroxyl groups is 1. The van der Waals surface area contributed by atoms with Gasteiger partial charge in [0.2, 0.25) is 0 Å². The van der Waals surface area contributed by atoms with Crippen molar-refractivity contribution in [3.8, 4) is 5.75 Å². The topological polar surface area (TPSA) is 71.2 Å². The first-order valence-corrected chi connectivity index (χ1v) is 8.31. The third-order valence-corrected chi connectivity index (χ3v) is 4.89. The number of carbonyl (C=O) groups excluding carboxylic acids is 1. The van der Waals surface area contributed by atoms with Gasteiger partial charge in [0.05, 0.1) is 0 Å².